The second-order valence-electron chi connectivity index (χ2n) is 4.42. The Hall–Kier alpha value is -2.40. The number of aromatic nitrogens is 2. The summed E-state index contributed by atoms with van der Waals surface area (Å²) in [5.74, 6) is 0.839. The normalized spacial score (nSPS) is 10.4. The summed E-state index contributed by atoms with van der Waals surface area (Å²) in [6.07, 6.45) is 3.64. The van der Waals surface area contributed by atoms with E-state index in [1.54, 1.807) is 24.6 Å². The van der Waals surface area contributed by atoms with Crippen LogP contribution < -0.4 is 10.1 Å². The molecule has 0 aliphatic rings. The quantitative estimate of drug-likeness (QED) is 0.793. The van der Waals surface area contributed by atoms with Crippen molar-refractivity contribution in [2.24, 2.45) is 0 Å². The molecule has 3 aromatic rings. The van der Waals surface area contributed by atoms with E-state index in [2.05, 4.69) is 15.3 Å². The van der Waals surface area contributed by atoms with Gasteiger partial charge < -0.3 is 10.1 Å². The molecule has 106 valence electrons. The van der Waals surface area contributed by atoms with Crippen molar-refractivity contribution in [1.82, 2.24) is 9.97 Å². The van der Waals surface area contributed by atoms with Gasteiger partial charge in [-0.1, -0.05) is 17.4 Å². The maximum absolute atomic E-state index is 5.21. The Balaban J connectivity index is 2.10. The SMILES string of the molecule is CNc1nc(-c2ccc(OC)cc2)c(-c2cccnc2)s1. The second-order valence-corrected chi connectivity index (χ2v) is 5.42. The molecule has 0 radical (unpaired) electrons. The van der Waals surface area contributed by atoms with Crippen LogP contribution >= 0.6 is 11.3 Å². The van der Waals surface area contributed by atoms with Crippen molar-refractivity contribution in [2.45, 2.75) is 0 Å². The standard InChI is InChI=1S/C16H15N3OS/c1-17-16-19-14(11-5-7-13(20-2)8-6-11)15(21-16)12-4-3-9-18-10-12/h3-10H,1-2H3,(H,17,19). The Bertz CT molecular complexity index is 723. The van der Waals surface area contributed by atoms with Gasteiger partial charge in [0.05, 0.1) is 17.7 Å². The van der Waals surface area contributed by atoms with Gasteiger partial charge in [0.1, 0.15) is 5.75 Å². The molecule has 0 spiro atoms. The first-order chi connectivity index (χ1) is 10.3. The number of benzene rings is 1. The first kappa shape index (κ1) is 13.6. The number of nitrogens with one attached hydrogen (secondary N) is 1. The lowest BCUT2D eigenvalue weighted by molar-refractivity contribution is 0.415. The molecule has 0 amide bonds. The summed E-state index contributed by atoms with van der Waals surface area (Å²) < 4.78 is 5.21. The van der Waals surface area contributed by atoms with Crippen LogP contribution in [0.1, 0.15) is 0 Å². The molecule has 0 bridgehead atoms. The van der Waals surface area contributed by atoms with E-state index in [0.717, 1.165) is 32.6 Å². The Morgan fingerprint density at radius 2 is 1.90 bits per heavy atom. The van der Waals surface area contributed by atoms with Crippen molar-refractivity contribution in [1.29, 1.82) is 0 Å². The highest BCUT2D eigenvalue weighted by Crippen LogP contribution is 2.38. The highest BCUT2D eigenvalue weighted by atomic mass is 32.1. The van der Waals surface area contributed by atoms with E-state index in [4.69, 9.17) is 4.74 Å². The Morgan fingerprint density at radius 1 is 1.10 bits per heavy atom. The summed E-state index contributed by atoms with van der Waals surface area (Å²) in [4.78, 5) is 9.98. The number of nitrogens with zero attached hydrogens (tertiary/aromatic N) is 2. The minimum atomic E-state index is 0.839. The molecule has 21 heavy (non-hydrogen) atoms. The molecule has 3 rings (SSSR count). The fourth-order valence-electron chi connectivity index (χ4n) is 2.06. The number of hydrogen-bond donors (Lipinski definition) is 1. The van der Waals surface area contributed by atoms with E-state index >= 15 is 0 Å². The van der Waals surface area contributed by atoms with Crippen LogP contribution in [-0.2, 0) is 0 Å². The number of thiazole rings is 1. The van der Waals surface area contributed by atoms with Crippen molar-refractivity contribution >= 4 is 16.5 Å². The lowest BCUT2D eigenvalue weighted by Gasteiger charge is -2.04. The van der Waals surface area contributed by atoms with Crippen molar-refractivity contribution in [2.75, 3.05) is 19.5 Å². The number of anilines is 1. The van der Waals surface area contributed by atoms with Gasteiger partial charge in [-0.05, 0) is 30.3 Å². The van der Waals surface area contributed by atoms with E-state index in [-0.39, 0.29) is 0 Å². The number of ether oxygens (including phenoxy) is 1. The molecule has 1 N–H and O–H groups in total. The third-order valence-electron chi connectivity index (χ3n) is 3.13. The second kappa shape index (κ2) is 5.93. The first-order valence-electron chi connectivity index (χ1n) is 6.55. The Labute approximate surface area is 127 Å². The minimum Gasteiger partial charge on any atom is -0.497 e. The zero-order valence-corrected chi connectivity index (χ0v) is 12.6. The largest absolute Gasteiger partial charge is 0.497 e. The summed E-state index contributed by atoms with van der Waals surface area (Å²) in [5, 5.41) is 4.00. The van der Waals surface area contributed by atoms with Crippen LogP contribution in [0.15, 0.2) is 48.8 Å². The number of pyridine rings is 1. The first-order valence-corrected chi connectivity index (χ1v) is 7.37. The third-order valence-corrected chi connectivity index (χ3v) is 4.25. The van der Waals surface area contributed by atoms with Gasteiger partial charge in [0.15, 0.2) is 5.13 Å². The van der Waals surface area contributed by atoms with Crippen molar-refractivity contribution < 1.29 is 4.74 Å². The molecule has 5 heteroatoms. The van der Waals surface area contributed by atoms with Crippen LogP contribution in [0.2, 0.25) is 0 Å². The lowest BCUT2D eigenvalue weighted by atomic mass is 10.1. The molecule has 4 nitrogen and oxygen atoms in total. The van der Waals surface area contributed by atoms with Gasteiger partial charge >= 0.3 is 0 Å². The minimum absolute atomic E-state index is 0.839. The molecule has 0 saturated heterocycles. The average Bonchev–Trinajstić information content (AvgIpc) is 3.00. The monoisotopic (exact) mass is 297 g/mol. The number of methoxy groups -OCH3 is 1. The van der Waals surface area contributed by atoms with Crippen LogP contribution in [0.25, 0.3) is 21.7 Å². The third kappa shape index (κ3) is 2.73. The summed E-state index contributed by atoms with van der Waals surface area (Å²) in [6.45, 7) is 0. The predicted molar refractivity (Wildman–Crippen MR) is 86.9 cm³/mol. The van der Waals surface area contributed by atoms with Crippen molar-refractivity contribution in [3.63, 3.8) is 0 Å². The number of hydrogen-bond acceptors (Lipinski definition) is 5. The van der Waals surface area contributed by atoms with Crippen molar-refractivity contribution in [3.05, 3.63) is 48.8 Å². The van der Waals surface area contributed by atoms with Crippen LogP contribution in [0.3, 0.4) is 0 Å². The summed E-state index contributed by atoms with van der Waals surface area (Å²) >= 11 is 1.62. The summed E-state index contributed by atoms with van der Waals surface area (Å²) in [5.41, 5.74) is 3.09. The average molecular weight is 297 g/mol. The molecule has 2 heterocycles. The van der Waals surface area contributed by atoms with E-state index in [9.17, 15) is 0 Å². The Kier molecular flexibility index (Phi) is 3.83. The Morgan fingerprint density at radius 3 is 2.52 bits per heavy atom. The molecule has 0 atom stereocenters. The molecule has 0 aliphatic carbocycles. The zero-order valence-electron chi connectivity index (χ0n) is 11.8. The van der Waals surface area contributed by atoms with Gasteiger partial charge in [-0.25, -0.2) is 4.98 Å². The molecular formula is C16H15N3OS. The fraction of sp³-hybridized carbons (Fsp3) is 0.125. The predicted octanol–water partition coefficient (Wildman–Crippen LogP) is 3.92. The van der Waals surface area contributed by atoms with Crippen molar-refractivity contribution in [3.8, 4) is 27.4 Å². The van der Waals surface area contributed by atoms with Gasteiger partial charge in [-0.2, -0.15) is 0 Å². The topological polar surface area (TPSA) is 47.0 Å². The molecule has 0 unspecified atom stereocenters. The molecule has 2 aromatic heterocycles. The lowest BCUT2D eigenvalue weighted by Crippen LogP contribution is -1.87. The zero-order chi connectivity index (χ0) is 14.7. The van der Waals surface area contributed by atoms with Crippen LogP contribution in [0.5, 0.6) is 5.75 Å². The van der Waals surface area contributed by atoms with Gasteiger partial charge in [-0.15, -0.1) is 0 Å². The molecule has 0 saturated carbocycles. The fourth-order valence-corrected chi connectivity index (χ4v) is 3.00. The van der Waals surface area contributed by atoms with Gasteiger partial charge in [0.25, 0.3) is 0 Å². The molecular weight excluding hydrogens is 282 g/mol. The van der Waals surface area contributed by atoms with E-state index < -0.39 is 0 Å². The maximum atomic E-state index is 5.21. The summed E-state index contributed by atoms with van der Waals surface area (Å²) in [7, 11) is 3.54. The van der Waals surface area contributed by atoms with E-state index in [0.29, 0.717) is 0 Å². The van der Waals surface area contributed by atoms with Crippen LogP contribution in [0, 0.1) is 0 Å². The highest BCUT2D eigenvalue weighted by molar-refractivity contribution is 7.19. The van der Waals surface area contributed by atoms with Crippen LogP contribution in [0.4, 0.5) is 5.13 Å². The molecule has 1 aromatic carbocycles. The van der Waals surface area contributed by atoms with Gasteiger partial charge in [-0.3, -0.25) is 4.98 Å². The molecule has 0 fully saturated rings. The maximum Gasteiger partial charge on any atom is 0.183 e. The van der Waals surface area contributed by atoms with E-state index in [1.807, 2.05) is 49.6 Å². The van der Waals surface area contributed by atoms with Gasteiger partial charge in [0, 0.05) is 30.6 Å². The molecule has 0 aliphatic heterocycles. The highest BCUT2D eigenvalue weighted by Gasteiger charge is 2.14. The summed E-state index contributed by atoms with van der Waals surface area (Å²) in [6, 6.07) is 11.9. The van der Waals surface area contributed by atoms with Crippen LogP contribution in [-0.4, -0.2) is 24.1 Å². The number of rotatable bonds is 4. The van der Waals surface area contributed by atoms with E-state index in [1.165, 1.54) is 0 Å². The smallest absolute Gasteiger partial charge is 0.183 e. The van der Waals surface area contributed by atoms with Gasteiger partial charge in [0.2, 0.25) is 0 Å².